The van der Waals surface area contributed by atoms with Gasteiger partial charge in [-0.1, -0.05) is 0 Å². The predicted octanol–water partition coefficient (Wildman–Crippen LogP) is 0.586. The van der Waals surface area contributed by atoms with Crippen LogP contribution >= 0.6 is 23.5 Å². The minimum atomic E-state index is -3.71. The van der Waals surface area contributed by atoms with Gasteiger partial charge in [0.25, 0.3) is 0 Å². The Morgan fingerprint density at radius 3 is 2.47 bits per heavy atom. The lowest BCUT2D eigenvalue weighted by Crippen LogP contribution is -2.02. The van der Waals surface area contributed by atoms with Crippen LogP contribution in [0.3, 0.4) is 0 Å². The zero-order valence-corrected chi connectivity index (χ0v) is 10.9. The second kappa shape index (κ2) is 4.99. The number of hydrogen-bond donors (Lipinski definition) is 0. The Bertz CT molecular complexity index is 458. The summed E-state index contributed by atoms with van der Waals surface area (Å²) in [7, 11) is -2.16. The van der Waals surface area contributed by atoms with Crippen molar-refractivity contribution in [2.75, 3.05) is 12.5 Å². The Morgan fingerprint density at radius 2 is 2.07 bits per heavy atom. The van der Waals surface area contributed by atoms with Crippen molar-refractivity contribution in [2.45, 2.75) is 5.03 Å². The van der Waals surface area contributed by atoms with Crippen molar-refractivity contribution in [3.8, 4) is 0 Å². The average Bonchev–Trinajstić information content (AvgIpc) is 2.62. The van der Waals surface area contributed by atoms with E-state index in [1.165, 1.54) is 34.5 Å². The average molecular weight is 266 g/mol. The van der Waals surface area contributed by atoms with Crippen LogP contribution in [0.25, 0.3) is 0 Å². The number of aromatic nitrogens is 3. The van der Waals surface area contributed by atoms with Crippen molar-refractivity contribution in [3.63, 3.8) is 0 Å². The second-order valence-corrected chi connectivity index (χ2v) is 5.81. The Labute approximate surface area is 96.6 Å². The summed E-state index contributed by atoms with van der Waals surface area (Å²) in [4.78, 5) is 1.18. The van der Waals surface area contributed by atoms with Crippen LogP contribution in [-0.4, -0.2) is 40.3 Å². The second-order valence-electron chi connectivity index (χ2n) is 2.41. The SMILES string of the molecule is CSC(=NS(=O)(=O)c1cnn(C)n1)SC. The fraction of sp³-hybridized carbons (Fsp3) is 0.500. The maximum atomic E-state index is 11.6. The van der Waals surface area contributed by atoms with Crippen molar-refractivity contribution < 1.29 is 8.42 Å². The largest absolute Gasteiger partial charge is 0.304 e. The molecule has 0 aliphatic carbocycles. The van der Waals surface area contributed by atoms with Gasteiger partial charge in [-0.15, -0.1) is 33.0 Å². The van der Waals surface area contributed by atoms with Gasteiger partial charge in [0.2, 0.25) is 5.03 Å². The van der Waals surface area contributed by atoms with E-state index in [0.717, 1.165) is 0 Å². The minimum absolute atomic E-state index is 0.134. The minimum Gasteiger partial charge on any atom is -0.197 e. The molecule has 0 aliphatic heterocycles. The molecule has 9 heteroatoms. The van der Waals surface area contributed by atoms with E-state index in [9.17, 15) is 8.42 Å². The highest BCUT2D eigenvalue weighted by molar-refractivity contribution is 8.38. The normalized spacial score (nSPS) is 11.4. The molecule has 1 heterocycles. The quantitative estimate of drug-likeness (QED) is 0.576. The third-order valence-electron chi connectivity index (χ3n) is 1.39. The predicted molar refractivity (Wildman–Crippen MR) is 62.7 cm³/mol. The molecule has 0 N–H and O–H groups in total. The van der Waals surface area contributed by atoms with E-state index in [0.29, 0.717) is 4.38 Å². The Kier molecular flexibility index (Phi) is 4.17. The van der Waals surface area contributed by atoms with Crippen LogP contribution in [-0.2, 0) is 17.1 Å². The lowest BCUT2D eigenvalue weighted by atomic mass is 11.0. The molecule has 0 spiro atoms. The summed E-state index contributed by atoms with van der Waals surface area (Å²) in [5.74, 6) is 0. The molecule has 0 aliphatic rings. The number of thioether (sulfide) groups is 2. The van der Waals surface area contributed by atoms with E-state index in [4.69, 9.17) is 0 Å². The van der Waals surface area contributed by atoms with Gasteiger partial charge in [0.1, 0.15) is 4.38 Å². The summed E-state index contributed by atoms with van der Waals surface area (Å²) in [5, 5.41) is 7.25. The van der Waals surface area contributed by atoms with Gasteiger partial charge >= 0.3 is 10.0 Å². The van der Waals surface area contributed by atoms with Gasteiger partial charge in [0.15, 0.2) is 0 Å². The molecule has 0 aromatic carbocycles. The molecule has 0 fully saturated rings. The molecule has 0 atom stereocenters. The molecule has 84 valence electrons. The van der Waals surface area contributed by atoms with Crippen molar-refractivity contribution in [3.05, 3.63) is 6.20 Å². The summed E-state index contributed by atoms with van der Waals surface area (Å²) < 4.78 is 27.4. The molecule has 15 heavy (non-hydrogen) atoms. The molecule has 0 amide bonds. The lowest BCUT2D eigenvalue weighted by Gasteiger charge is -1.97. The van der Waals surface area contributed by atoms with Gasteiger partial charge < -0.3 is 0 Å². The summed E-state index contributed by atoms with van der Waals surface area (Å²) in [6.45, 7) is 0. The number of nitrogens with zero attached hydrogens (tertiary/aromatic N) is 4. The number of rotatable bonds is 2. The van der Waals surface area contributed by atoms with Gasteiger partial charge in [-0.25, -0.2) is 0 Å². The first-order valence-electron chi connectivity index (χ1n) is 3.79. The van der Waals surface area contributed by atoms with E-state index in [1.54, 1.807) is 19.6 Å². The summed E-state index contributed by atoms with van der Waals surface area (Å²) in [5.41, 5.74) is 0. The van der Waals surface area contributed by atoms with Crippen LogP contribution in [0, 0.1) is 0 Å². The zero-order valence-electron chi connectivity index (χ0n) is 8.41. The smallest absolute Gasteiger partial charge is 0.197 e. The fourth-order valence-corrected chi connectivity index (χ4v) is 3.29. The molecule has 1 aromatic rings. The van der Waals surface area contributed by atoms with Crippen LogP contribution < -0.4 is 0 Å². The highest BCUT2D eigenvalue weighted by atomic mass is 32.2. The van der Waals surface area contributed by atoms with E-state index in [2.05, 4.69) is 14.6 Å². The van der Waals surface area contributed by atoms with Gasteiger partial charge in [0, 0.05) is 7.05 Å². The molecule has 0 unspecified atom stereocenters. The van der Waals surface area contributed by atoms with E-state index in [-0.39, 0.29) is 5.03 Å². The van der Waals surface area contributed by atoms with Crippen LogP contribution in [0.15, 0.2) is 15.6 Å². The van der Waals surface area contributed by atoms with Crippen molar-refractivity contribution in [2.24, 2.45) is 11.4 Å². The lowest BCUT2D eigenvalue weighted by molar-refractivity contribution is 0.585. The maximum Gasteiger partial charge on any atom is 0.304 e. The van der Waals surface area contributed by atoms with Gasteiger partial charge in [0.05, 0.1) is 6.20 Å². The van der Waals surface area contributed by atoms with Gasteiger partial charge in [-0.2, -0.15) is 18.3 Å². The van der Waals surface area contributed by atoms with E-state index < -0.39 is 10.0 Å². The number of aryl methyl sites for hydroxylation is 1. The topological polar surface area (TPSA) is 77.2 Å². The van der Waals surface area contributed by atoms with Crippen LogP contribution in [0.4, 0.5) is 0 Å². The van der Waals surface area contributed by atoms with Crippen molar-refractivity contribution in [1.29, 1.82) is 0 Å². The zero-order chi connectivity index (χ0) is 11.5. The van der Waals surface area contributed by atoms with E-state index >= 15 is 0 Å². The monoisotopic (exact) mass is 266 g/mol. The van der Waals surface area contributed by atoms with Crippen molar-refractivity contribution >= 4 is 37.9 Å². The maximum absolute atomic E-state index is 11.6. The summed E-state index contributed by atoms with van der Waals surface area (Å²) >= 11 is 2.55. The fourth-order valence-electron chi connectivity index (χ4n) is 0.748. The molecular weight excluding hydrogens is 256 g/mol. The summed E-state index contributed by atoms with van der Waals surface area (Å²) in [6.07, 6.45) is 4.71. The van der Waals surface area contributed by atoms with Crippen LogP contribution in [0.1, 0.15) is 0 Å². The first-order valence-corrected chi connectivity index (χ1v) is 7.68. The Hall–Kier alpha value is -0.540. The summed E-state index contributed by atoms with van der Waals surface area (Å²) in [6, 6.07) is 0. The number of hydrogen-bond acceptors (Lipinski definition) is 6. The third kappa shape index (κ3) is 3.21. The molecule has 1 rings (SSSR count). The molecule has 0 radical (unpaired) electrons. The molecular formula is C6H10N4O2S3. The molecule has 0 saturated heterocycles. The highest BCUT2D eigenvalue weighted by Crippen LogP contribution is 2.16. The Balaban J connectivity index is 3.09. The standard InChI is InChI=1S/C6H10N4O2S3/c1-10-7-4-5(8-10)15(11,12)9-6(13-2)14-3/h4H,1-3H3. The Morgan fingerprint density at radius 1 is 1.47 bits per heavy atom. The highest BCUT2D eigenvalue weighted by Gasteiger charge is 2.17. The third-order valence-corrected chi connectivity index (χ3v) is 4.64. The number of sulfonamides is 1. The van der Waals surface area contributed by atoms with Gasteiger partial charge in [-0.3, -0.25) is 0 Å². The van der Waals surface area contributed by atoms with Crippen LogP contribution in [0.2, 0.25) is 0 Å². The van der Waals surface area contributed by atoms with Crippen LogP contribution in [0.5, 0.6) is 0 Å². The molecule has 0 bridgehead atoms. The molecule has 6 nitrogen and oxygen atoms in total. The van der Waals surface area contributed by atoms with Gasteiger partial charge in [-0.05, 0) is 12.5 Å². The molecule has 0 saturated carbocycles. The van der Waals surface area contributed by atoms with E-state index in [1.807, 2.05) is 0 Å². The van der Waals surface area contributed by atoms with Crippen molar-refractivity contribution in [1.82, 2.24) is 15.0 Å². The first-order chi connectivity index (χ1) is 6.99. The first kappa shape index (κ1) is 12.5. The molecule has 1 aromatic heterocycles.